The number of nitrogens with zero attached hydrogens (tertiary/aromatic N) is 2. The highest BCUT2D eigenvalue weighted by molar-refractivity contribution is 6.00. The molecule has 2 amide bonds. The third-order valence-corrected chi connectivity index (χ3v) is 1.83. The summed E-state index contributed by atoms with van der Waals surface area (Å²) in [4.78, 5) is 30.8. The number of hydroxylamine groups is 2. The van der Waals surface area contributed by atoms with E-state index in [9.17, 15) is 14.4 Å². The molecule has 2 N–H and O–H groups in total. The molecule has 0 spiro atoms. The van der Waals surface area contributed by atoms with E-state index in [1.54, 1.807) is 12.1 Å². The van der Waals surface area contributed by atoms with Gasteiger partial charge in [-0.1, -0.05) is 6.07 Å². The van der Waals surface area contributed by atoms with Crippen LogP contribution in [-0.2, 0) is 9.59 Å². The minimum atomic E-state index is -0.505. The van der Waals surface area contributed by atoms with Crippen molar-refractivity contribution in [3.8, 4) is 0 Å². The van der Waals surface area contributed by atoms with Crippen LogP contribution in [0.15, 0.2) is 29.2 Å². The Labute approximate surface area is 90.1 Å². The first-order chi connectivity index (χ1) is 7.52. The molecule has 0 radical (unpaired) electrons. The fourth-order valence-corrected chi connectivity index (χ4v) is 0.984. The lowest BCUT2D eigenvalue weighted by atomic mass is 10.4. The van der Waals surface area contributed by atoms with Gasteiger partial charge in [-0.2, -0.15) is 9.79 Å². The molecule has 1 fully saturated rings. The number of aromatic nitrogens is 1. The predicted octanol–water partition coefficient (Wildman–Crippen LogP) is -0.390. The maximum Gasteiger partial charge on any atom is 0.282 e. The zero-order valence-corrected chi connectivity index (χ0v) is 8.24. The second kappa shape index (κ2) is 5.08. The third-order valence-electron chi connectivity index (χ3n) is 1.83. The topological polar surface area (TPSA) is 99.8 Å². The largest absolute Gasteiger partial charge is 0.425 e. The molecule has 1 aliphatic rings. The summed E-state index contributed by atoms with van der Waals surface area (Å²) >= 11 is 0. The van der Waals surface area contributed by atoms with Crippen LogP contribution in [0.2, 0.25) is 0 Å². The Morgan fingerprint density at radius 2 is 1.56 bits per heavy atom. The minimum absolute atomic E-state index is 0.148. The zero-order valence-electron chi connectivity index (χ0n) is 8.24. The summed E-state index contributed by atoms with van der Waals surface area (Å²) in [5.41, 5.74) is -0.410. The van der Waals surface area contributed by atoms with E-state index in [2.05, 4.69) is 0 Å². The van der Waals surface area contributed by atoms with Crippen LogP contribution in [0.5, 0.6) is 0 Å². The van der Waals surface area contributed by atoms with E-state index < -0.39 is 17.4 Å². The highest BCUT2D eigenvalue weighted by Crippen LogP contribution is 2.06. The maximum atomic E-state index is 10.3. The maximum absolute atomic E-state index is 10.3. The van der Waals surface area contributed by atoms with Crippen molar-refractivity contribution in [2.24, 2.45) is 0 Å². The Bertz CT molecular complexity index is 437. The predicted molar refractivity (Wildman–Crippen MR) is 50.8 cm³/mol. The molecule has 1 saturated heterocycles. The fraction of sp³-hybridized carbons (Fsp3) is 0.222. The molecule has 7 nitrogen and oxygen atoms in total. The standard InChI is InChI=1S/C5H5NO2.C4H5NO3/c7-5-3-1-2-4-6(5)8;6-3-1-2-4(7)5(3)8/h1-4,8H;8H,1-2H2. The van der Waals surface area contributed by atoms with Gasteiger partial charge in [0.1, 0.15) is 0 Å². The Kier molecular flexibility index (Phi) is 3.78. The molecule has 0 saturated carbocycles. The average molecular weight is 226 g/mol. The van der Waals surface area contributed by atoms with Gasteiger partial charge in [-0.25, -0.2) is 0 Å². The van der Waals surface area contributed by atoms with Gasteiger partial charge < -0.3 is 5.21 Å². The lowest BCUT2D eigenvalue weighted by Gasteiger charge is -1.98. The quantitative estimate of drug-likeness (QED) is 0.356. The normalized spacial score (nSPS) is 14.7. The van der Waals surface area contributed by atoms with Crippen LogP contribution in [0, 0.1) is 0 Å². The highest BCUT2D eigenvalue weighted by Gasteiger charge is 2.26. The molecule has 2 rings (SSSR count). The molecule has 0 aromatic carbocycles. The minimum Gasteiger partial charge on any atom is -0.425 e. The van der Waals surface area contributed by atoms with Gasteiger partial charge in [-0.3, -0.25) is 19.6 Å². The number of rotatable bonds is 0. The highest BCUT2D eigenvalue weighted by atomic mass is 16.5. The monoisotopic (exact) mass is 226 g/mol. The number of carbonyl (C=O) groups excluding carboxylic acids is 2. The number of imide groups is 1. The molecular weight excluding hydrogens is 216 g/mol. The lowest BCUT2D eigenvalue weighted by Crippen LogP contribution is -2.24. The van der Waals surface area contributed by atoms with Gasteiger partial charge in [0, 0.05) is 25.1 Å². The van der Waals surface area contributed by atoms with E-state index in [1.165, 1.54) is 12.3 Å². The number of hydrogen-bond donors (Lipinski definition) is 2. The van der Waals surface area contributed by atoms with E-state index in [-0.39, 0.29) is 17.9 Å². The van der Waals surface area contributed by atoms with Crippen molar-refractivity contribution >= 4 is 11.8 Å². The van der Waals surface area contributed by atoms with Crippen molar-refractivity contribution in [1.82, 2.24) is 9.79 Å². The fourth-order valence-electron chi connectivity index (χ4n) is 0.984. The second-order valence-corrected chi connectivity index (χ2v) is 2.98. The number of pyridine rings is 1. The lowest BCUT2D eigenvalue weighted by molar-refractivity contribution is -0.171. The molecule has 1 aromatic heterocycles. The van der Waals surface area contributed by atoms with Crippen LogP contribution in [0.3, 0.4) is 0 Å². The zero-order chi connectivity index (χ0) is 12.1. The first kappa shape index (κ1) is 11.9. The summed E-state index contributed by atoms with van der Waals surface area (Å²) in [6, 6.07) is 4.41. The molecule has 0 aliphatic carbocycles. The van der Waals surface area contributed by atoms with Crippen molar-refractivity contribution in [2.75, 3.05) is 0 Å². The summed E-state index contributed by atoms with van der Waals surface area (Å²) in [6.07, 6.45) is 1.58. The van der Waals surface area contributed by atoms with Crippen molar-refractivity contribution in [3.63, 3.8) is 0 Å². The third kappa shape index (κ3) is 2.92. The van der Waals surface area contributed by atoms with Crippen molar-refractivity contribution in [1.29, 1.82) is 0 Å². The Balaban J connectivity index is 0.000000160. The molecular formula is C9H10N2O5. The van der Waals surface area contributed by atoms with Gasteiger partial charge in [0.05, 0.1) is 0 Å². The van der Waals surface area contributed by atoms with Crippen LogP contribution < -0.4 is 5.56 Å². The van der Waals surface area contributed by atoms with Gasteiger partial charge in [-0.05, 0) is 6.07 Å². The van der Waals surface area contributed by atoms with Crippen LogP contribution >= 0.6 is 0 Å². The van der Waals surface area contributed by atoms with Crippen LogP contribution in [0.25, 0.3) is 0 Å². The Morgan fingerprint density at radius 1 is 1.00 bits per heavy atom. The van der Waals surface area contributed by atoms with Crippen molar-refractivity contribution in [3.05, 3.63) is 34.7 Å². The van der Waals surface area contributed by atoms with Gasteiger partial charge in [0.15, 0.2) is 0 Å². The molecule has 7 heteroatoms. The summed E-state index contributed by atoms with van der Waals surface area (Å²) in [6.45, 7) is 0. The smallest absolute Gasteiger partial charge is 0.282 e. The van der Waals surface area contributed by atoms with Crippen LogP contribution in [0.4, 0.5) is 0 Å². The summed E-state index contributed by atoms with van der Waals surface area (Å²) < 4.78 is 0.528. The molecule has 2 heterocycles. The Hall–Kier alpha value is -2.15. The van der Waals surface area contributed by atoms with E-state index >= 15 is 0 Å². The Morgan fingerprint density at radius 3 is 1.81 bits per heavy atom. The van der Waals surface area contributed by atoms with Gasteiger partial charge >= 0.3 is 0 Å². The van der Waals surface area contributed by atoms with Gasteiger partial charge in [0.25, 0.3) is 17.4 Å². The van der Waals surface area contributed by atoms with Gasteiger partial charge in [-0.15, -0.1) is 0 Å². The summed E-state index contributed by atoms with van der Waals surface area (Å²) in [5, 5.41) is 17.1. The molecule has 0 unspecified atom stereocenters. The van der Waals surface area contributed by atoms with Crippen LogP contribution in [-0.4, -0.2) is 32.0 Å². The molecule has 1 aromatic rings. The van der Waals surface area contributed by atoms with Crippen molar-refractivity contribution < 1.29 is 20.0 Å². The number of hydrogen-bond acceptors (Lipinski definition) is 5. The molecule has 16 heavy (non-hydrogen) atoms. The van der Waals surface area contributed by atoms with Crippen LogP contribution in [0.1, 0.15) is 12.8 Å². The van der Waals surface area contributed by atoms with E-state index in [1.807, 2.05) is 0 Å². The first-order valence-corrected chi connectivity index (χ1v) is 4.44. The molecule has 1 aliphatic heterocycles. The molecule has 0 bridgehead atoms. The summed E-state index contributed by atoms with van der Waals surface area (Å²) in [5.74, 6) is -1.01. The average Bonchev–Trinajstić information content (AvgIpc) is 2.55. The van der Waals surface area contributed by atoms with Gasteiger partial charge in [0.2, 0.25) is 0 Å². The first-order valence-electron chi connectivity index (χ1n) is 4.44. The number of carbonyl (C=O) groups is 2. The van der Waals surface area contributed by atoms with E-state index in [4.69, 9.17) is 10.4 Å². The van der Waals surface area contributed by atoms with E-state index in [0.717, 1.165) is 0 Å². The molecule has 0 atom stereocenters. The number of amides is 2. The SMILES string of the molecule is O=C1CCC(=O)N1O.O=c1ccccn1O. The second-order valence-electron chi connectivity index (χ2n) is 2.98. The van der Waals surface area contributed by atoms with E-state index in [0.29, 0.717) is 4.73 Å². The van der Waals surface area contributed by atoms with Crippen molar-refractivity contribution in [2.45, 2.75) is 12.8 Å². The molecule has 86 valence electrons. The summed E-state index contributed by atoms with van der Waals surface area (Å²) in [7, 11) is 0.